The smallest absolute Gasteiger partial charge is 0.263 e. The van der Waals surface area contributed by atoms with Crippen molar-refractivity contribution in [3.63, 3.8) is 0 Å². The van der Waals surface area contributed by atoms with E-state index < -0.39 is 5.60 Å². The van der Waals surface area contributed by atoms with E-state index in [1.54, 1.807) is 26.2 Å². The largest absolute Gasteiger partial charge is 0.478 e. The van der Waals surface area contributed by atoms with Crippen molar-refractivity contribution in [2.75, 3.05) is 13.2 Å². The lowest BCUT2D eigenvalue weighted by atomic mass is 9.94. The zero-order valence-electron chi connectivity index (χ0n) is 15.6. The number of pyridine rings is 1. The first-order valence-electron chi connectivity index (χ1n) is 8.97. The van der Waals surface area contributed by atoms with Gasteiger partial charge in [0.15, 0.2) is 5.60 Å². The molecule has 1 aliphatic rings. The molecule has 0 aliphatic carbocycles. The van der Waals surface area contributed by atoms with Crippen LogP contribution in [-0.4, -0.2) is 35.7 Å². The van der Waals surface area contributed by atoms with Gasteiger partial charge in [0.25, 0.3) is 5.91 Å². The van der Waals surface area contributed by atoms with E-state index in [0.29, 0.717) is 19.0 Å². The van der Waals surface area contributed by atoms with Crippen LogP contribution >= 0.6 is 0 Å². The van der Waals surface area contributed by atoms with Crippen molar-refractivity contribution >= 4 is 5.91 Å². The van der Waals surface area contributed by atoms with E-state index >= 15 is 0 Å². The zero-order valence-corrected chi connectivity index (χ0v) is 15.6. The van der Waals surface area contributed by atoms with Crippen LogP contribution in [0.1, 0.15) is 25.0 Å². The monoisotopic (exact) mass is 354 g/mol. The molecule has 0 bridgehead atoms. The van der Waals surface area contributed by atoms with Gasteiger partial charge in [0.05, 0.1) is 19.3 Å². The van der Waals surface area contributed by atoms with Gasteiger partial charge in [-0.05, 0) is 57.0 Å². The first kappa shape index (κ1) is 18.4. The number of carbonyl (C=O) groups excluding carboxylic acids is 1. The van der Waals surface area contributed by atoms with Crippen molar-refractivity contribution in [2.45, 2.75) is 38.8 Å². The molecule has 1 N–H and O–H groups in total. The zero-order chi connectivity index (χ0) is 18.6. The molecule has 5 nitrogen and oxygen atoms in total. The molecule has 3 rings (SSSR count). The normalized spacial score (nSPS) is 20.0. The molecule has 0 unspecified atom stereocenters. The number of aryl methyl sites for hydroxylation is 1. The van der Waals surface area contributed by atoms with Crippen LogP contribution in [0, 0.1) is 12.8 Å². The minimum atomic E-state index is -0.959. The fraction of sp³-hybridized carbons (Fsp3) is 0.429. The summed E-state index contributed by atoms with van der Waals surface area (Å²) in [5.41, 5.74) is 1.39. The highest BCUT2D eigenvalue weighted by Crippen LogP contribution is 2.22. The number of carbonyl (C=O) groups is 1. The molecule has 1 amide bonds. The van der Waals surface area contributed by atoms with Gasteiger partial charge in [0.2, 0.25) is 0 Å². The summed E-state index contributed by atoms with van der Waals surface area (Å²) in [6.07, 6.45) is 4.43. The summed E-state index contributed by atoms with van der Waals surface area (Å²) in [4.78, 5) is 16.8. The number of benzene rings is 1. The Morgan fingerprint density at radius 1 is 1.19 bits per heavy atom. The molecule has 1 saturated heterocycles. The van der Waals surface area contributed by atoms with E-state index in [4.69, 9.17) is 9.47 Å². The van der Waals surface area contributed by atoms with Crippen LogP contribution in [0.2, 0.25) is 0 Å². The summed E-state index contributed by atoms with van der Waals surface area (Å²) in [6, 6.07) is 11.7. The minimum absolute atomic E-state index is 0.0171. The Kier molecular flexibility index (Phi) is 5.57. The molecule has 2 atom stereocenters. The lowest BCUT2D eigenvalue weighted by molar-refractivity contribution is -0.135. The van der Waals surface area contributed by atoms with E-state index in [1.807, 2.05) is 43.3 Å². The molecule has 2 heterocycles. The fourth-order valence-corrected chi connectivity index (χ4v) is 3.07. The Balaban J connectivity index is 1.61. The quantitative estimate of drug-likeness (QED) is 0.866. The Hall–Kier alpha value is -2.40. The van der Waals surface area contributed by atoms with Crippen molar-refractivity contribution in [3.8, 4) is 5.75 Å². The summed E-state index contributed by atoms with van der Waals surface area (Å²) in [5, 5.41) is 3.12. The molecule has 0 spiro atoms. The van der Waals surface area contributed by atoms with Crippen LogP contribution in [0.15, 0.2) is 48.8 Å². The third-order valence-corrected chi connectivity index (χ3v) is 4.70. The Morgan fingerprint density at radius 2 is 1.88 bits per heavy atom. The first-order chi connectivity index (χ1) is 12.4. The standard InChI is InChI=1S/C21H26N2O3/c1-15-4-6-18(7-5-15)26-21(2,3)20(24)23-19-14-25-13-17(19)12-16-8-10-22-11-9-16/h4-11,17,19H,12-14H2,1-3H3,(H,23,24)/t17-,19+/m1/s1. The molecular formula is C21H26N2O3. The second kappa shape index (κ2) is 7.87. The van der Waals surface area contributed by atoms with Gasteiger partial charge in [-0.15, -0.1) is 0 Å². The van der Waals surface area contributed by atoms with Crippen molar-refractivity contribution in [2.24, 2.45) is 5.92 Å². The topological polar surface area (TPSA) is 60.5 Å². The number of hydrogen-bond acceptors (Lipinski definition) is 4. The summed E-state index contributed by atoms with van der Waals surface area (Å²) >= 11 is 0. The maximum absolute atomic E-state index is 12.8. The van der Waals surface area contributed by atoms with Crippen molar-refractivity contribution in [1.29, 1.82) is 0 Å². The summed E-state index contributed by atoms with van der Waals surface area (Å²) in [5.74, 6) is 0.802. The summed E-state index contributed by atoms with van der Waals surface area (Å²) in [6.45, 7) is 6.77. The summed E-state index contributed by atoms with van der Waals surface area (Å²) in [7, 11) is 0. The Morgan fingerprint density at radius 3 is 2.58 bits per heavy atom. The second-order valence-corrected chi connectivity index (χ2v) is 7.36. The highest BCUT2D eigenvalue weighted by molar-refractivity contribution is 5.85. The average molecular weight is 354 g/mol. The molecule has 2 aromatic rings. The van der Waals surface area contributed by atoms with Crippen LogP contribution in [0.4, 0.5) is 0 Å². The molecule has 0 saturated carbocycles. The number of rotatable bonds is 6. The third kappa shape index (κ3) is 4.61. The predicted octanol–water partition coefficient (Wildman–Crippen LogP) is 2.92. The van der Waals surface area contributed by atoms with E-state index in [-0.39, 0.29) is 17.9 Å². The maximum Gasteiger partial charge on any atom is 0.263 e. The van der Waals surface area contributed by atoms with E-state index in [0.717, 1.165) is 12.0 Å². The van der Waals surface area contributed by atoms with Crippen LogP contribution in [0.5, 0.6) is 5.75 Å². The van der Waals surface area contributed by atoms with Gasteiger partial charge in [-0.3, -0.25) is 9.78 Å². The van der Waals surface area contributed by atoms with Gasteiger partial charge >= 0.3 is 0 Å². The lowest BCUT2D eigenvalue weighted by Crippen LogP contribution is -2.52. The maximum atomic E-state index is 12.8. The molecule has 1 aliphatic heterocycles. The highest BCUT2D eigenvalue weighted by Gasteiger charge is 2.36. The van der Waals surface area contributed by atoms with Crippen molar-refractivity contribution < 1.29 is 14.3 Å². The van der Waals surface area contributed by atoms with Crippen molar-refractivity contribution in [1.82, 2.24) is 10.3 Å². The van der Waals surface area contributed by atoms with Crippen LogP contribution in [0.3, 0.4) is 0 Å². The number of nitrogens with zero attached hydrogens (tertiary/aromatic N) is 1. The molecule has 26 heavy (non-hydrogen) atoms. The lowest BCUT2D eigenvalue weighted by Gasteiger charge is -2.28. The highest BCUT2D eigenvalue weighted by atomic mass is 16.5. The first-order valence-corrected chi connectivity index (χ1v) is 8.97. The SMILES string of the molecule is Cc1ccc(OC(C)(C)C(=O)N[C@H]2COC[C@H]2Cc2ccncc2)cc1. The number of amides is 1. The predicted molar refractivity (Wildman–Crippen MR) is 100 cm³/mol. The Labute approximate surface area is 154 Å². The molecule has 5 heteroatoms. The molecule has 0 radical (unpaired) electrons. The van der Waals surface area contributed by atoms with Gasteiger partial charge in [-0.2, -0.15) is 0 Å². The Bertz CT molecular complexity index is 729. The molecule has 1 aromatic heterocycles. The van der Waals surface area contributed by atoms with Gasteiger partial charge in [0.1, 0.15) is 5.75 Å². The number of aromatic nitrogens is 1. The van der Waals surface area contributed by atoms with Gasteiger partial charge in [0, 0.05) is 18.3 Å². The summed E-state index contributed by atoms with van der Waals surface area (Å²) < 4.78 is 11.5. The van der Waals surface area contributed by atoms with Crippen LogP contribution in [0.25, 0.3) is 0 Å². The fourth-order valence-electron chi connectivity index (χ4n) is 3.07. The molecule has 1 aromatic carbocycles. The molecular weight excluding hydrogens is 328 g/mol. The van der Waals surface area contributed by atoms with Gasteiger partial charge in [-0.25, -0.2) is 0 Å². The number of hydrogen-bond donors (Lipinski definition) is 1. The molecule has 138 valence electrons. The van der Waals surface area contributed by atoms with E-state index in [2.05, 4.69) is 10.3 Å². The van der Waals surface area contributed by atoms with Gasteiger partial charge in [-0.1, -0.05) is 17.7 Å². The van der Waals surface area contributed by atoms with Crippen molar-refractivity contribution in [3.05, 3.63) is 59.9 Å². The van der Waals surface area contributed by atoms with Gasteiger partial charge < -0.3 is 14.8 Å². The average Bonchev–Trinajstić information content (AvgIpc) is 3.04. The minimum Gasteiger partial charge on any atom is -0.478 e. The number of nitrogens with one attached hydrogen (secondary N) is 1. The van der Waals surface area contributed by atoms with Crippen LogP contribution in [-0.2, 0) is 16.0 Å². The molecule has 1 fully saturated rings. The van der Waals surface area contributed by atoms with Crippen LogP contribution < -0.4 is 10.1 Å². The number of ether oxygens (including phenoxy) is 2. The van der Waals surface area contributed by atoms with E-state index in [9.17, 15) is 4.79 Å². The second-order valence-electron chi connectivity index (χ2n) is 7.36. The third-order valence-electron chi connectivity index (χ3n) is 4.70. The van der Waals surface area contributed by atoms with E-state index in [1.165, 1.54) is 5.56 Å².